The molecular weight excluding hydrogens is 188 g/mol. The minimum Gasteiger partial charge on any atom is -0.394 e. The average Bonchev–Trinajstić information content (AvgIpc) is 2.73. The van der Waals surface area contributed by atoms with Crippen molar-refractivity contribution >= 4 is 11.5 Å². The minimum absolute atomic E-state index is 0.396. The first-order valence-corrected chi connectivity index (χ1v) is 5.68. The standard InChI is InChI=1S/C11H20N4/c1-8(2)10-9(12)11(14(3)13-10)15-6-4-5-7-15/h8H,4-7,12H2,1-3H3. The second-order valence-electron chi connectivity index (χ2n) is 4.59. The Kier molecular flexibility index (Phi) is 2.59. The molecule has 0 aromatic carbocycles. The molecule has 1 fully saturated rings. The third-order valence-corrected chi connectivity index (χ3v) is 3.03. The van der Waals surface area contributed by atoms with Crippen LogP contribution in [-0.2, 0) is 7.05 Å². The van der Waals surface area contributed by atoms with Crippen molar-refractivity contribution in [2.24, 2.45) is 7.05 Å². The number of nitrogens with two attached hydrogens (primary N) is 1. The molecule has 2 rings (SSSR count). The van der Waals surface area contributed by atoms with Crippen LogP contribution in [0, 0.1) is 0 Å². The molecule has 0 bridgehead atoms. The largest absolute Gasteiger partial charge is 0.394 e. The van der Waals surface area contributed by atoms with Gasteiger partial charge in [-0.15, -0.1) is 0 Å². The molecule has 15 heavy (non-hydrogen) atoms. The fraction of sp³-hybridized carbons (Fsp3) is 0.727. The summed E-state index contributed by atoms with van der Waals surface area (Å²) in [5.41, 5.74) is 8.06. The zero-order valence-electron chi connectivity index (χ0n) is 9.82. The topological polar surface area (TPSA) is 47.1 Å². The number of rotatable bonds is 2. The molecule has 0 aliphatic carbocycles. The fourth-order valence-corrected chi connectivity index (χ4v) is 2.28. The first-order chi connectivity index (χ1) is 7.11. The van der Waals surface area contributed by atoms with Crippen molar-refractivity contribution < 1.29 is 0 Å². The molecule has 1 aliphatic rings. The molecule has 2 heterocycles. The first-order valence-electron chi connectivity index (χ1n) is 5.68. The molecule has 0 spiro atoms. The summed E-state index contributed by atoms with van der Waals surface area (Å²) in [6.45, 7) is 6.49. The summed E-state index contributed by atoms with van der Waals surface area (Å²) >= 11 is 0. The lowest BCUT2D eigenvalue weighted by Crippen LogP contribution is -2.21. The normalized spacial score (nSPS) is 16.7. The van der Waals surface area contributed by atoms with Crippen molar-refractivity contribution in [1.82, 2.24) is 9.78 Å². The molecule has 4 nitrogen and oxygen atoms in total. The highest BCUT2D eigenvalue weighted by molar-refractivity contribution is 5.67. The molecule has 0 amide bonds. The van der Waals surface area contributed by atoms with E-state index in [0.717, 1.165) is 30.3 Å². The first kappa shape index (κ1) is 10.3. The van der Waals surface area contributed by atoms with Crippen LogP contribution in [0.5, 0.6) is 0 Å². The summed E-state index contributed by atoms with van der Waals surface area (Å²) in [6.07, 6.45) is 2.53. The molecule has 1 aliphatic heterocycles. The Labute approximate surface area is 91.1 Å². The second-order valence-corrected chi connectivity index (χ2v) is 4.59. The van der Waals surface area contributed by atoms with Gasteiger partial charge in [-0.3, -0.25) is 4.68 Å². The van der Waals surface area contributed by atoms with Gasteiger partial charge in [-0.1, -0.05) is 13.8 Å². The molecule has 2 N–H and O–H groups in total. The van der Waals surface area contributed by atoms with Gasteiger partial charge in [0.15, 0.2) is 0 Å². The maximum Gasteiger partial charge on any atom is 0.150 e. The summed E-state index contributed by atoms with van der Waals surface area (Å²) in [5.74, 6) is 1.50. The van der Waals surface area contributed by atoms with Crippen molar-refractivity contribution in [2.75, 3.05) is 23.7 Å². The van der Waals surface area contributed by atoms with E-state index in [1.807, 2.05) is 11.7 Å². The molecule has 1 saturated heterocycles. The molecule has 0 saturated carbocycles. The summed E-state index contributed by atoms with van der Waals surface area (Å²) in [7, 11) is 1.98. The van der Waals surface area contributed by atoms with Crippen LogP contribution in [0.4, 0.5) is 11.5 Å². The molecule has 4 heteroatoms. The van der Waals surface area contributed by atoms with Crippen LogP contribution in [0.15, 0.2) is 0 Å². The van der Waals surface area contributed by atoms with E-state index < -0.39 is 0 Å². The van der Waals surface area contributed by atoms with Crippen LogP contribution in [0.1, 0.15) is 38.3 Å². The van der Waals surface area contributed by atoms with E-state index in [2.05, 4.69) is 23.8 Å². The van der Waals surface area contributed by atoms with Crippen molar-refractivity contribution in [3.63, 3.8) is 0 Å². The summed E-state index contributed by atoms with van der Waals surface area (Å²) in [5, 5.41) is 4.50. The van der Waals surface area contributed by atoms with Gasteiger partial charge in [0.1, 0.15) is 5.82 Å². The van der Waals surface area contributed by atoms with Crippen LogP contribution in [-0.4, -0.2) is 22.9 Å². The maximum absolute atomic E-state index is 6.16. The molecule has 1 aromatic rings. The van der Waals surface area contributed by atoms with Gasteiger partial charge in [0, 0.05) is 20.1 Å². The number of hydrogen-bond donors (Lipinski definition) is 1. The van der Waals surface area contributed by atoms with E-state index in [1.54, 1.807) is 0 Å². The van der Waals surface area contributed by atoms with Crippen molar-refractivity contribution in [3.05, 3.63) is 5.69 Å². The SMILES string of the molecule is CC(C)c1nn(C)c(N2CCCC2)c1N. The zero-order valence-corrected chi connectivity index (χ0v) is 9.82. The molecular formula is C11H20N4. The number of aryl methyl sites for hydroxylation is 1. The highest BCUT2D eigenvalue weighted by atomic mass is 15.4. The monoisotopic (exact) mass is 208 g/mol. The fourth-order valence-electron chi connectivity index (χ4n) is 2.28. The number of anilines is 2. The number of nitrogen functional groups attached to an aromatic ring is 1. The van der Waals surface area contributed by atoms with E-state index in [9.17, 15) is 0 Å². The van der Waals surface area contributed by atoms with Gasteiger partial charge in [0.2, 0.25) is 0 Å². The van der Waals surface area contributed by atoms with Gasteiger partial charge >= 0.3 is 0 Å². The quantitative estimate of drug-likeness (QED) is 0.805. The molecule has 1 aromatic heterocycles. The zero-order chi connectivity index (χ0) is 11.0. The lowest BCUT2D eigenvalue weighted by Gasteiger charge is -2.18. The third kappa shape index (κ3) is 1.68. The van der Waals surface area contributed by atoms with Crippen LogP contribution in [0.2, 0.25) is 0 Å². The minimum atomic E-state index is 0.396. The smallest absolute Gasteiger partial charge is 0.150 e. The van der Waals surface area contributed by atoms with Gasteiger partial charge < -0.3 is 10.6 Å². The van der Waals surface area contributed by atoms with Crippen molar-refractivity contribution in [1.29, 1.82) is 0 Å². The van der Waals surface area contributed by atoms with Crippen LogP contribution in [0.25, 0.3) is 0 Å². The molecule has 84 valence electrons. The van der Waals surface area contributed by atoms with Gasteiger partial charge in [-0.25, -0.2) is 0 Å². The Balaban J connectivity index is 2.37. The summed E-state index contributed by atoms with van der Waals surface area (Å²) < 4.78 is 1.93. The Hall–Kier alpha value is -1.19. The number of hydrogen-bond acceptors (Lipinski definition) is 3. The van der Waals surface area contributed by atoms with Gasteiger partial charge in [0.25, 0.3) is 0 Å². The Bertz CT molecular complexity index is 348. The van der Waals surface area contributed by atoms with Crippen LogP contribution >= 0.6 is 0 Å². The van der Waals surface area contributed by atoms with Crippen molar-refractivity contribution in [2.45, 2.75) is 32.6 Å². The highest BCUT2D eigenvalue weighted by Crippen LogP contribution is 2.32. The van der Waals surface area contributed by atoms with E-state index >= 15 is 0 Å². The van der Waals surface area contributed by atoms with E-state index in [-0.39, 0.29) is 0 Å². The van der Waals surface area contributed by atoms with Gasteiger partial charge in [-0.2, -0.15) is 5.10 Å². The average molecular weight is 208 g/mol. The van der Waals surface area contributed by atoms with Crippen molar-refractivity contribution in [3.8, 4) is 0 Å². The predicted molar refractivity (Wildman–Crippen MR) is 63.2 cm³/mol. The number of nitrogens with zero attached hydrogens (tertiary/aromatic N) is 3. The van der Waals surface area contributed by atoms with E-state index in [0.29, 0.717) is 5.92 Å². The second kappa shape index (κ2) is 3.76. The lowest BCUT2D eigenvalue weighted by atomic mass is 10.1. The van der Waals surface area contributed by atoms with E-state index in [1.165, 1.54) is 12.8 Å². The maximum atomic E-state index is 6.16. The van der Waals surface area contributed by atoms with E-state index in [4.69, 9.17) is 5.73 Å². The Morgan fingerprint density at radius 2 is 1.87 bits per heavy atom. The molecule has 0 atom stereocenters. The third-order valence-electron chi connectivity index (χ3n) is 3.03. The highest BCUT2D eigenvalue weighted by Gasteiger charge is 2.22. The Morgan fingerprint density at radius 3 is 2.33 bits per heavy atom. The molecule has 0 radical (unpaired) electrons. The lowest BCUT2D eigenvalue weighted by molar-refractivity contribution is 0.701. The molecule has 0 unspecified atom stereocenters. The van der Waals surface area contributed by atoms with Gasteiger partial charge in [-0.05, 0) is 18.8 Å². The van der Waals surface area contributed by atoms with Crippen LogP contribution in [0.3, 0.4) is 0 Å². The predicted octanol–water partition coefficient (Wildman–Crippen LogP) is 1.73. The van der Waals surface area contributed by atoms with Gasteiger partial charge in [0.05, 0.1) is 11.4 Å². The number of aromatic nitrogens is 2. The summed E-state index contributed by atoms with van der Waals surface area (Å²) in [6, 6.07) is 0. The summed E-state index contributed by atoms with van der Waals surface area (Å²) in [4.78, 5) is 2.34. The van der Waals surface area contributed by atoms with Crippen LogP contribution < -0.4 is 10.6 Å². The Morgan fingerprint density at radius 1 is 1.27 bits per heavy atom.